The molecule has 0 unspecified atom stereocenters. The van der Waals surface area contributed by atoms with Gasteiger partial charge in [-0.3, -0.25) is 0 Å². The Morgan fingerprint density at radius 1 is 0.545 bits per heavy atom. The average Bonchev–Trinajstić information content (AvgIpc) is 3.55. The van der Waals surface area contributed by atoms with Gasteiger partial charge in [0.1, 0.15) is 0 Å². The molecule has 7 aromatic rings. The Morgan fingerprint density at radius 2 is 1.16 bits per heavy atom. The molecule has 0 saturated carbocycles. The predicted molar refractivity (Wildman–Crippen MR) is 236 cm³/mol. The van der Waals surface area contributed by atoms with Gasteiger partial charge in [-0.2, -0.15) is 0 Å². The molecule has 7 rings (SSSR count). The molecule has 0 aliphatic carbocycles. The third-order valence-corrected chi connectivity index (χ3v) is 18.0. The topological polar surface area (TPSA) is 50.9 Å². The molecule has 0 bridgehead atoms. The van der Waals surface area contributed by atoms with E-state index < -0.39 is 13.5 Å². The summed E-state index contributed by atoms with van der Waals surface area (Å²) in [5.74, 6) is 6.01. The summed E-state index contributed by atoms with van der Waals surface area (Å²) in [6.07, 6.45) is 1.91. The van der Waals surface area contributed by atoms with E-state index in [1.54, 1.807) is 0 Å². The quantitative estimate of drug-likeness (QED) is 0.171. The van der Waals surface area contributed by atoms with Gasteiger partial charge in [0.05, 0.1) is 0 Å². The summed E-state index contributed by atoms with van der Waals surface area (Å²) in [4.78, 5) is 10.5. The first-order chi connectivity index (χ1) is 25.8. The molecule has 0 spiro atoms. The molecule has 5 aromatic carbocycles. The predicted octanol–water partition coefficient (Wildman–Crippen LogP) is 12.7. The standard InChI is InChI=1S/C50H55GeN3O/c1-48(2,3)37-28-35(27-36(29-37)43-30-34(25-26-52-43)33-19-14-12-15-20-33)40-23-18-24-44-45(40)53-47(54(44)51(10,11)39-21-16-13-17-22-39)41-31-38(49(4,5)6)32-42(46(41)55)50(7,8)9/h12-32,55H,1-11H3. The number of pyridine rings is 1. The third kappa shape index (κ3) is 7.41. The summed E-state index contributed by atoms with van der Waals surface area (Å²) in [7, 11) is 0. The molecule has 280 valence electrons. The Hall–Kier alpha value is -4.94. The van der Waals surface area contributed by atoms with Gasteiger partial charge in [-0.05, 0) is 0 Å². The normalized spacial score (nSPS) is 12.7. The molecule has 2 aromatic heterocycles. The molecule has 1 N–H and O–H groups in total. The van der Waals surface area contributed by atoms with Gasteiger partial charge in [-0.25, -0.2) is 0 Å². The zero-order chi connectivity index (χ0) is 39.5. The number of aromatic hydroxyl groups is 1. The van der Waals surface area contributed by atoms with E-state index in [1.807, 2.05) is 6.20 Å². The number of imidazole rings is 1. The Balaban J connectivity index is 1.54. The van der Waals surface area contributed by atoms with Crippen molar-refractivity contribution < 1.29 is 5.11 Å². The number of hydrogen-bond donors (Lipinski definition) is 1. The monoisotopic (exact) mass is 787 g/mol. The maximum absolute atomic E-state index is 12.3. The van der Waals surface area contributed by atoms with Crippen LogP contribution in [-0.2, 0) is 16.2 Å². The SMILES string of the molecule is CC(C)(C)c1cc(-c2cc(-c3ccccc3)ccn2)cc(-c2cccc3c2nc(-c2cc(C(C)(C)C)cc(C(C)(C)C)c2O)[n]3[Ge]([CH3])([CH3])[c]2ccccc2)c1. The van der Waals surface area contributed by atoms with E-state index in [9.17, 15) is 5.11 Å². The molecule has 0 fully saturated rings. The number of phenols is 1. The van der Waals surface area contributed by atoms with Crippen LogP contribution < -0.4 is 4.40 Å². The van der Waals surface area contributed by atoms with Crippen molar-refractivity contribution in [3.8, 4) is 50.6 Å². The van der Waals surface area contributed by atoms with Crippen LogP contribution >= 0.6 is 0 Å². The molecule has 0 saturated heterocycles. The van der Waals surface area contributed by atoms with Crippen molar-refractivity contribution in [1.29, 1.82) is 0 Å². The van der Waals surface area contributed by atoms with Crippen LogP contribution in [0.5, 0.6) is 5.75 Å². The first-order valence-electron chi connectivity index (χ1n) is 19.5. The van der Waals surface area contributed by atoms with E-state index in [1.165, 1.54) is 21.1 Å². The number of phenolic OH excluding ortho intramolecular Hbond substituents is 1. The van der Waals surface area contributed by atoms with E-state index in [4.69, 9.17) is 9.97 Å². The van der Waals surface area contributed by atoms with Gasteiger partial charge in [0.25, 0.3) is 0 Å². The van der Waals surface area contributed by atoms with Crippen LogP contribution in [0.3, 0.4) is 0 Å². The number of benzene rings is 5. The molecule has 0 aliphatic heterocycles. The number of fused-ring (bicyclic) bond motifs is 1. The van der Waals surface area contributed by atoms with Crippen molar-refractivity contribution >= 4 is 28.9 Å². The second-order valence-electron chi connectivity index (χ2n) is 18.6. The van der Waals surface area contributed by atoms with Crippen molar-refractivity contribution in [3.63, 3.8) is 0 Å². The summed E-state index contributed by atoms with van der Waals surface area (Å²) in [5.41, 5.74) is 12.2. The summed E-state index contributed by atoms with van der Waals surface area (Å²) in [5, 5.41) is 12.3. The maximum atomic E-state index is 12.3. The average molecular weight is 787 g/mol. The minimum absolute atomic E-state index is 0.104. The molecule has 2 heterocycles. The van der Waals surface area contributed by atoms with Crippen LogP contribution in [0.2, 0.25) is 11.5 Å². The molecular weight excluding hydrogens is 731 g/mol. The van der Waals surface area contributed by atoms with Gasteiger partial charge in [0.2, 0.25) is 0 Å². The molecule has 0 amide bonds. The van der Waals surface area contributed by atoms with Crippen molar-refractivity contribution in [2.75, 3.05) is 0 Å². The zero-order valence-electron chi connectivity index (χ0n) is 34.4. The van der Waals surface area contributed by atoms with Crippen molar-refractivity contribution in [2.24, 2.45) is 0 Å². The summed E-state index contributed by atoms with van der Waals surface area (Å²) >= 11 is -3.16. The fourth-order valence-corrected chi connectivity index (χ4v) is 13.4. The number of nitrogens with zero attached hydrogens (tertiary/aromatic N) is 3. The minimum atomic E-state index is -3.16. The number of hydrogen-bond acceptors (Lipinski definition) is 3. The molecule has 5 heteroatoms. The van der Waals surface area contributed by atoms with Gasteiger partial charge in [0.15, 0.2) is 0 Å². The first-order valence-corrected chi connectivity index (χ1v) is 25.7. The molecule has 55 heavy (non-hydrogen) atoms. The molecular formula is C50H55GeN3O. The van der Waals surface area contributed by atoms with E-state index in [0.717, 1.165) is 55.9 Å². The van der Waals surface area contributed by atoms with E-state index >= 15 is 0 Å². The van der Waals surface area contributed by atoms with Crippen LogP contribution in [-0.4, -0.2) is 32.1 Å². The zero-order valence-corrected chi connectivity index (χ0v) is 36.5. The second-order valence-corrected chi connectivity index (χ2v) is 27.3. The van der Waals surface area contributed by atoms with Gasteiger partial charge in [-0.1, -0.05) is 18.2 Å². The van der Waals surface area contributed by atoms with Gasteiger partial charge >= 0.3 is 314 Å². The summed E-state index contributed by atoms with van der Waals surface area (Å²) in [6, 6.07) is 43.6. The first kappa shape index (κ1) is 38.3. The number of aromatic nitrogens is 3. The third-order valence-electron chi connectivity index (χ3n) is 11.0. The van der Waals surface area contributed by atoms with E-state index in [2.05, 4.69) is 199 Å². The summed E-state index contributed by atoms with van der Waals surface area (Å²) < 4.78 is 3.87. The van der Waals surface area contributed by atoms with E-state index in [-0.39, 0.29) is 16.2 Å². The summed E-state index contributed by atoms with van der Waals surface area (Å²) in [6.45, 7) is 20.1. The Kier molecular flexibility index (Phi) is 9.74. The Morgan fingerprint density at radius 3 is 1.80 bits per heavy atom. The number of para-hydroxylation sites is 1. The van der Waals surface area contributed by atoms with Crippen LogP contribution in [0, 0.1) is 0 Å². The van der Waals surface area contributed by atoms with Gasteiger partial charge in [0, 0.05) is 0 Å². The molecule has 0 aliphatic rings. The Bertz CT molecular complexity index is 2510. The second kappa shape index (κ2) is 14.0. The number of rotatable bonds is 6. The van der Waals surface area contributed by atoms with E-state index in [0.29, 0.717) is 5.75 Å². The van der Waals surface area contributed by atoms with Crippen LogP contribution in [0.1, 0.15) is 79.0 Å². The Labute approximate surface area is 330 Å². The fourth-order valence-electron chi connectivity index (χ4n) is 7.63. The molecule has 0 atom stereocenters. The van der Waals surface area contributed by atoms with Gasteiger partial charge in [-0.15, -0.1) is 0 Å². The van der Waals surface area contributed by atoms with Crippen LogP contribution in [0.4, 0.5) is 0 Å². The van der Waals surface area contributed by atoms with Crippen molar-refractivity contribution in [3.05, 3.63) is 144 Å². The van der Waals surface area contributed by atoms with Crippen LogP contribution in [0.15, 0.2) is 128 Å². The fraction of sp³-hybridized carbons (Fsp3) is 0.280. The van der Waals surface area contributed by atoms with Crippen molar-refractivity contribution in [1.82, 2.24) is 13.5 Å². The van der Waals surface area contributed by atoms with Crippen molar-refractivity contribution in [2.45, 2.75) is 90.1 Å². The molecule has 4 nitrogen and oxygen atoms in total. The van der Waals surface area contributed by atoms with Crippen LogP contribution in [0.25, 0.3) is 55.9 Å². The molecule has 0 radical (unpaired) electrons. The van der Waals surface area contributed by atoms with Gasteiger partial charge < -0.3 is 0 Å².